The zero-order valence-corrected chi connectivity index (χ0v) is 27.2. The number of fused-ring (bicyclic) bond motifs is 1. The van der Waals surface area contributed by atoms with Gasteiger partial charge in [-0.1, -0.05) is 39.3 Å². The van der Waals surface area contributed by atoms with Crippen LogP contribution >= 0.6 is 22.6 Å². The van der Waals surface area contributed by atoms with Gasteiger partial charge in [0.1, 0.15) is 19.3 Å². The number of aromatic nitrogens is 3. The van der Waals surface area contributed by atoms with Gasteiger partial charge >= 0.3 is 0 Å². The second-order valence-corrected chi connectivity index (χ2v) is 25.0. The highest BCUT2D eigenvalue weighted by molar-refractivity contribution is 14.1. The lowest BCUT2D eigenvalue weighted by Crippen LogP contribution is -2.33. The average Bonchev–Trinajstić information content (AvgIpc) is 3.17. The van der Waals surface area contributed by atoms with Gasteiger partial charge in [0.25, 0.3) is 0 Å². The minimum atomic E-state index is -1.16. The van der Waals surface area contributed by atoms with Crippen LogP contribution in [0.3, 0.4) is 0 Å². The number of nitrogens with zero attached hydrogens (tertiary/aromatic N) is 5. The number of anilines is 1. The molecule has 200 valence electrons. The second-order valence-electron chi connectivity index (χ2n) is 12.6. The largest absolute Gasteiger partial charge is 0.361 e. The van der Waals surface area contributed by atoms with Crippen LogP contribution in [-0.4, -0.2) is 57.4 Å². The van der Waals surface area contributed by atoms with E-state index in [4.69, 9.17) is 19.7 Å². The van der Waals surface area contributed by atoms with E-state index >= 15 is 0 Å². The molecule has 3 rings (SSSR count). The molecule has 1 aliphatic carbocycles. The van der Waals surface area contributed by atoms with Crippen LogP contribution in [0.2, 0.25) is 51.4 Å². The fraction of sp³-hybridized carbons (Fsp3) is 0.731. The van der Waals surface area contributed by atoms with E-state index in [1.54, 1.807) is 0 Å². The van der Waals surface area contributed by atoms with Crippen molar-refractivity contribution in [3.8, 4) is 6.07 Å². The first-order chi connectivity index (χ1) is 17.0. The van der Waals surface area contributed by atoms with Crippen molar-refractivity contribution in [1.82, 2.24) is 14.6 Å². The molecule has 2 aromatic heterocycles. The topological polar surface area (TPSA) is 75.7 Å². The third-order valence-corrected chi connectivity index (χ3v) is 11.1. The van der Waals surface area contributed by atoms with Crippen molar-refractivity contribution < 1.29 is 9.47 Å². The molecule has 0 radical (unpaired) electrons. The van der Waals surface area contributed by atoms with Gasteiger partial charge in [-0.05, 0) is 66.3 Å². The molecular formula is C26H44IN5O2Si2. The van der Waals surface area contributed by atoms with Crippen LogP contribution in [0.15, 0.2) is 12.3 Å². The van der Waals surface area contributed by atoms with E-state index in [1.807, 2.05) is 10.7 Å². The molecule has 0 aliphatic heterocycles. The number of halogens is 1. The molecule has 36 heavy (non-hydrogen) atoms. The number of hydrogen-bond donors (Lipinski definition) is 0. The van der Waals surface area contributed by atoms with Gasteiger partial charge in [-0.15, -0.1) is 0 Å². The van der Waals surface area contributed by atoms with Crippen LogP contribution in [-0.2, 0) is 9.47 Å². The standard InChI is InChI=1S/C26H44IN5O2Si2/c1-35(2,3)15-13-33-19-31(20-34-14-16-36(4,5)6)25-17-24(30-26-23(27)18-29-32(25)26)22-9-7-21(8-10-22)11-12-28/h17-18,21-22H,7-11,13-16,19-20H2,1-6H3. The van der Waals surface area contributed by atoms with Crippen LogP contribution in [0.1, 0.15) is 43.7 Å². The quantitative estimate of drug-likeness (QED) is 0.102. The van der Waals surface area contributed by atoms with E-state index in [-0.39, 0.29) is 0 Å². The summed E-state index contributed by atoms with van der Waals surface area (Å²) in [5, 5.41) is 13.8. The summed E-state index contributed by atoms with van der Waals surface area (Å²) in [4.78, 5) is 7.24. The molecule has 0 atom stereocenters. The summed E-state index contributed by atoms with van der Waals surface area (Å²) < 4.78 is 15.4. The van der Waals surface area contributed by atoms with Crippen LogP contribution < -0.4 is 4.90 Å². The van der Waals surface area contributed by atoms with E-state index in [0.29, 0.717) is 31.7 Å². The highest BCUT2D eigenvalue weighted by atomic mass is 127. The Hall–Kier alpha value is -1.01. The van der Waals surface area contributed by atoms with Crippen molar-refractivity contribution in [2.24, 2.45) is 5.92 Å². The van der Waals surface area contributed by atoms with E-state index in [2.05, 4.69) is 84.0 Å². The molecular weight excluding hydrogens is 597 g/mol. The van der Waals surface area contributed by atoms with Crippen LogP contribution in [0.25, 0.3) is 5.65 Å². The Bertz CT molecular complexity index is 998. The Morgan fingerprint density at radius 2 is 1.61 bits per heavy atom. The van der Waals surface area contributed by atoms with E-state index < -0.39 is 16.1 Å². The number of nitriles is 1. The maximum atomic E-state index is 9.09. The van der Waals surface area contributed by atoms with Gasteiger partial charge in [0.05, 0.1) is 15.8 Å². The van der Waals surface area contributed by atoms with E-state index in [0.717, 1.165) is 71.7 Å². The Morgan fingerprint density at radius 1 is 1.03 bits per heavy atom. The molecule has 0 unspecified atom stereocenters. The molecule has 2 aromatic rings. The van der Waals surface area contributed by atoms with Gasteiger partial charge < -0.3 is 14.4 Å². The monoisotopic (exact) mass is 641 g/mol. The number of ether oxygens (including phenoxy) is 2. The first-order valence-electron chi connectivity index (χ1n) is 13.3. The van der Waals surface area contributed by atoms with Crippen molar-refractivity contribution in [3.63, 3.8) is 0 Å². The van der Waals surface area contributed by atoms with Crippen LogP contribution in [0.5, 0.6) is 0 Å². The Kier molecular flexibility index (Phi) is 10.8. The van der Waals surface area contributed by atoms with Crippen molar-refractivity contribution in [2.75, 3.05) is 31.6 Å². The summed E-state index contributed by atoms with van der Waals surface area (Å²) in [6.45, 7) is 16.7. The maximum absolute atomic E-state index is 9.09. The van der Waals surface area contributed by atoms with E-state index in [1.165, 1.54) is 0 Å². The molecule has 1 fully saturated rings. The van der Waals surface area contributed by atoms with Gasteiger partial charge in [-0.25, -0.2) is 4.98 Å². The molecule has 0 N–H and O–H groups in total. The summed E-state index contributed by atoms with van der Waals surface area (Å²) in [7, 11) is -2.33. The predicted molar refractivity (Wildman–Crippen MR) is 161 cm³/mol. The Labute approximate surface area is 233 Å². The smallest absolute Gasteiger partial charge is 0.171 e. The summed E-state index contributed by atoms with van der Waals surface area (Å²) in [5.74, 6) is 1.93. The lowest BCUT2D eigenvalue weighted by atomic mass is 9.79. The maximum Gasteiger partial charge on any atom is 0.171 e. The molecule has 1 saturated carbocycles. The Morgan fingerprint density at radius 3 is 2.14 bits per heavy atom. The lowest BCUT2D eigenvalue weighted by molar-refractivity contribution is 0.0942. The van der Waals surface area contributed by atoms with Crippen molar-refractivity contribution in [1.29, 1.82) is 5.26 Å². The molecule has 10 heteroatoms. The zero-order chi connectivity index (χ0) is 26.3. The molecule has 7 nitrogen and oxygen atoms in total. The van der Waals surface area contributed by atoms with Crippen LogP contribution in [0.4, 0.5) is 5.82 Å². The second kappa shape index (κ2) is 13.2. The third kappa shape index (κ3) is 9.08. The minimum absolute atomic E-state index is 0.414. The molecule has 2 heterocycles. The first-order valence-corrected chi connectivity index (χ1v) is 21.8. The molecule has 0 amide bonds. The minimum Gasteiger partial charge on any atom is -0.361 e. The summed E-state index contributed by atoms with van der Waals surface area (Å²) in [6, 6.07) is 6.83. The summed E-state index contributed by atoms with van der Waals surface area (Å²) in [6.07, 6.45) is 6.91. The van der Waals surface area contributed by atoms with Crippen molar-refractivity contribution in [2.45, 2.75) is 89.4 Å². The van der Waals surface area contributed by atoms with Crippen molar-refractivity contribution >= 4 is 50.2 Å². The number of rotatable bonds is 13. The molecule has 0 aromatic carbocycles. The van der Waals surface area contributed by atoms with E-state index in [9.17, 15) is 0 Å². The lowest BCUT2D eigenvalue weighted by Gasteiger charge is -2.29. The van der Waals surface area contributed by atoms with Crippen molar-refractivity contribution in [3.05, 3.63) is 21.5 Å². The molecule has 1 aliphatic rings. The molecule has 0 saturated heterocycles. The van der Waals surface area contributed by atoms with Gasteiger partial charge in [-0.2, -0.15) is 14.9 Å². The normalized spacial score (nSPS) is 18.9. The zero-order valence-electron chi connectivity index (χ0n) is 23.0. The van der Waals surface area contributed by atoms with Gasteiger partial charge in [0, 0.05) is 53.5 Å². The fourth-order valence-electron chi connectivity index (χ4n) is 4.44. The predicted octanol–water partition coefficient (Wildman–Crippen LogP) is 6.95. The number of hydrogen-bond acceptors (Lipinski definition) is 6. The SMILES string of the molecule is C[Si](C)(C)CCOCN(COCC[Si](C)(C)C)c1cc(C2CCC(CC#N)CC2)nc2c(I)cnn12. The highest BCUT2D eigenvalue weighted by Crippen LogP contribution is 2.37. The van der Waals surface area contributed by atoms with Crippen LogP contribution in [0, 0.1) is 20.8 Å². The average molecular weight is 642 g/mol. The fourth-order valence-corrected chi connectivity index (χ4v) is 6.43. The van der Waals surface area contributed by atoms with Gasteiger partial charge in [-0.3, -0.25) is 0 Å². The highest BCUT2D eigenvalue weighted by Gasteiger charge is 2.26. The third-order valence-electron chi connectivity index (χ3n) is 6.89. The summed E-state index contributed by atoms with van der Waals surface area (Å²) in [5.41, 5.74) is 2.02. The first kappa shape index (κ1) is 29.5. The Balaban J connectivity index is 1.83. The summed E-state index contributed by atoms with van der Waals surface area (Å²) >= 11 is 2.33. The molecule has 0 bridgehead atoms. The van der Waals surface area contributed by atoms with Gasteiger partial charge in [0.2, 0.25) is 0 Å². The molecule has 0 spiro atoms. The van der Waals surface area contributed by atoms with Gasteiger partial charge in [0.15, 0.2) is 5.65 Å².